The number of hydrogen-bond acceptors (Lipinski definition) is 2. The van der Waals surface area contributed by atoms with Crippen molar-refractivity contribution in [1.82, 2.24) is 4.90 Å². The number of fused-ring (bicyclic) bond motifs is 1. The van der Waals surface area contributed by atoms with Crippen LogP contribution in [0.2, 0.25) is 0 Å². The smallest absolute Gasteiger partial charge is 0.308 e. The molecule has 1 aliphatic carbocycles. The van der Waals surface area contributed by atoms with Crippen LogP contribution in [0.3, 0.4) is 0 Å². The highest BCUT2D eigenvalue weighted by molar-refractivity contribution is 5.75. The van der Waals surface area contributed by atoms with Crippen molar-refractivity contribution in [2.75, 3.05) is 13.6 Å². The van der Waals surface area contributed by atoms with E-state index < -0.39 is 5.97 Å². The number of carboxylic acid groups (broad SMARTS) is 1. The molecule has 0 bridgehead atoms. The summed E-state index contributed by atoms with van der Waals surface area (Å²) in [6.07, 6.45) is 2.29. The second-order valence-electron chi connectivity index (χ2n) is 3.64. The normalized spacial score (nSPS) is 43.2. The molecule has 1 unspecified atom stereocenters. The van der Waals surface area contributed by atoms with E-state index in [1.807, 2.05) is 7.05 Å². The van der Waals surface area contributed by atoms with Crippen molar-refractivity contribution < 1.29 is 9.90 Å². The summed E-state index contributed by atoms with van der Waals surface area (Å²) >= 11 is 0. The Morgan fingerprint density at radius 3 is 2.91 bits per heavy atom. The lowest BCUT2D eigenvalue weighted by molar-refractivity contribution is -0.139. The number of likely N-dealkylation sites (tertiary alicyclic amines) is 1. The Bertz CT molecular complexity index is 193. The van der Waals surface area contributed by atoms with Crippen molar-refractivity contribution in [3.05, 3.63) is 0 Å². The summed E-state index contributed by atoms with van der Waals surface area (Å²) < 4.78 is 0. The summed E-state index contributed by atoms with van der Waals surface area (Å²) in [5, 5.41) is 8.78. The third-order valence-electron chi connectivity index (χ3n) is 2.97. The largest absolute Gasteiger partial charge is 0.481 e. The molecule has 3 nitrogen and oxygen atoms in total. The van der Waals surface area contributed by atoms with E-state index in [1.165, 1.54) is 6.42 Å². The van der Waals surface area contributed by atoms with Crippen LogP contribution in [0.4, 0.5) is 0 Å². The summed E-state index contributed by atoms with van der Waals surface area (Å²) in [6.45, 7) is 1.07. The predicted octanol–water partition coefficient (Wildman–Crippen LogP) is 0.411. The first-order valence-corrected chi connectivity index (χ1v) is 4.15. The fraction of sp³-hybridized carbons (Fsp3) is 0.875. The molecule has 3 atom stereocenters. The van der Waals surface area contributed by atoms with E-state index in [-0.39, 0.29) is 5.92 Å². The van der Waals surface area contributed by atoms with Gasteiger partial charge in [0.2, 0.25) is 0 Å². The maximum absolute atomic E-state index is 10.6. The quantitative estimate of drug-likeness (QED) is 0.596. The zero-order chi connectivity index (χ0) is 8.01. The molecule has 1 heterocycles. The molecule has 2 aliphatic rings. The average molecular weight is 155 g/mol. The van der Waals surface area contributed by atoms with Gasteiger partial charge in [0.25, 0.3) is 0 Å². The molecule has 11 heavy (non-hydrogen) atoms. The van der Waals surface area contributed by atoms with Crippen molar-refractivity contribution >= 4 is 5.97 Å². The first-order chi connectivity index (χ1) is 5.22. The highest BCUT2D eigenvalue weighted by Crippen LogP contribution is 2.48. The van der Waals surface area contributed by atoms with E-state index in [0.717, 1.165) is 13.0 Å². The van der Waals surface area contributed by atoms with Gasteiger partial charge < -0.3 is 10.0 Å². The molecule has 62 valence electrons. The van der Waals surface area contributed by atoms with Gasteiger partial charge >= 0.3 is 5.97 Å². The molecule has 1 saturated heterocycles. The van der Waals surface area contributed by atoms with Crippen LogP contribution in [0, 0.1) is 11.8 Å². The topological polar surface area (TPSA) is 40.5 Å². The summed E-state index contributed by atoms with van der Waals surface area (Å²) in [6, 6.07) is 0.362. The fourth-order valence-corrected chi connectivity index (χ4v) is 2.36. The maximum Gasteiger partial charge on any atom is 0.308 e. The third kappa shape index (κ3) is 0.948. The minimum Gasteiger partial charge on any atom is -0.481 e. The molecule has 1 saturated carbocycles. The Hall–Kier alpha value is -0.570. The van der Waals surface area contributed by atoms with Crippen LogP contribution in [-0.2, 0) is 4.79 Å². The maximum atomic E-state index is 10.6. The summed E-state index contributed by atoms with van der Waals surface area (Å²) in [5.41, 5.74) is 0. The number of nitrogens with zero attached hydrogens (tertiary/aromatic N) is 1. The monoisotopic (exact) mass is 155 g/mol. The van der Waals surface area contributed by atoms with E-state index in [1.54, 1.807) is 0 Å². The molecule has 2 fully saturated rings. The van der Waals surface area contributed by atoms with Crippen LogP contribution >= 0.6 is 0 Å². The summed E-state index contributed by atoms with van der Waals surface area (Å²) in [5.74, 6) is -0.192. The van der Waals surface area contributed by atoms with Gasteiger partial charge in [-0.2, -0.15) is 0 Å². The van der Waals surface area contributed by atoms with Gasteiger partial charge in [-0.05, 0) is 32.4 Å². The molecule has 1 aliphatic heterocycles. The van der Waals surface area contributed by atoms with Crippen LogP contribution in [0.5, 0.6) is 0 Å². The van der Waals surface area contributed by atoms with Crippen LogP contribution in [0.15, 0.2) is 0 Å². The number of carboxylic acids is 1. The molecule has 0 aromatic rings. The van der Waals surface area contributed by atoms with E-state index >= 15 is 0 Å². The van der Waals surface area contributed by atoms with Crippen LogP contribution in [0.1, 0.15) is 12.8 Å². The summed E-state index contributed by atoms with van der Waals surface area (Å²) in [4.78, 5) is 12.8. The van der Waals surface area contributed by atoms with Crippen LogP contribution in [-0.4, -0.2) is 35.6 Å². The number of rotatable bonds is 1. The molecular weight excluding hydrogens is 142 g/mol. The second-order valence-corrected chi connectivity index (χ2v) is 3.64. The van der Waals surface area contributed by atoms with Crippen molar-refractivity contribution in [2.45, 2.75) is 18.9 Å². The number of aliphatic carboxylic acids is 1. The molecular formula is C8H13NO2. The zero-order valence-corrected chi connectivity index (χ0v) is 6.66. The SMILES string of the molecule is CN1CCC[C@@H]2C(C(=O)O)[C@@H]21. The van der Waals surface area contributed by atoms with Gasteiger partial charge in [-0.25, -0.2) is 0 Å². The number of carbonyl (C=O) groups is 1. The lowest BCUT2D eigenvalue weighted by Gasteiger charge is -2.20. The van der Waals surface area contributed by atoms with Gasteiger partial charge in [0.05, 0.1) is 5.92 Å². The van der Waals surface area contributed by atoms with Gasteiger partial charge in [-0.3, -0.25) is 4.79 Å². The molecule has 0 amide bonds. The van der Waals surface area contributed by atoms with Crippen molar-refractivity contribution in [3.8, 4) is 0 Å². The molecule has 0 aromatic heterocycles. The fourth-order valence-electron chi connectivity index (χ4n) is 2.36. The van der Waals surface area contributed by atoms with E-state index in [2.05, 4.69) is 4.90 Å². The predicted molar refractivity (Wildman–Crippen MR) is 40.3 cm³/mol. The Morgan fingerprint density at radius 2 is 2.36 bits per heavy atom. The Labute approximate surface area is 66.0 Å². The first-order valence-electron chi connectivity index (χ1n) is 4.15. The van der Waals surface area contributed by atoms with Crippen molar-refractivity contribution in [2.24, 2.45) is 11.8 Å². The molecule has 0 radical (unpaired) electrons. The second kappa shape index (κ2) is 2.21. The Morgan fingerprint density at radius 1 is 1.64 bits per heavy atom. The Kier molecular flexibility index (Phi) is 1.42. The molecule has 3 heteroatoms. The standard InChI is InChI=1S/C8H13NO2/c1-9-4-2-3-5-6(7(5)9)8(10)11/h5-7H,2-4H2,1H3,(H,10,11)/t5-,6?,7-/m1/s1. The lowest BCUT2D eigenvalue weighted by atomic mass is 10.1. The van der Waals surface area contributed by atoms with Gasteiger partial charge in [-0.15, -0.1) is 0 Å². The molecule has 0 aromatic carbocycles. The third-order valence-corrected chi connectivity index (χ3v) is 2.97. The zero-order valence-electron chi connectivity index (χ0n) is 6.66. The summed E-state index contributed by atoms with van der Waals surface area (Å²) in [7, 11) is 2.03. The number of hydrogen-bond donors (Lipinski definition) is 1. The van der Waals surface area contributed by atoms with Crippen LogP contribution < -0.4 is 0 Å². The van der Waals surface area contributed by atoms with Gasteiger partial charge in [0.15, 0.2) is 0 Å². The van der Waals surface area contributed by atoms with E-state index in [4.69, 9.17) is 5.11 Å². The first kappa shape index (κ1) is 7.10. The minimum absolute atomic E-state index is 0.0532. The van der Waals surface area contributed by atoms with Gasteiger partial charge in [0.1, 0.15) is 0 Å². The highest BCUT2D eigenvalue weighted by atomic mass is 16.4. The molecule has 0 spiro atoms. The lowest BCUT2D eigenvalue weighted by Crippen LogP contribution is -2.28. The minimum atomic E-state index is -0.603. The highest BCUT2D eigenvalue weighted by Gasteiger charge is 2.57. The molecule has 2 rings (SSSR count). The van der Waals surface area contributed by atoms with E-state index in [0.29, 0.717) is 12.0 Å². The number of piperidine rings is 1. The van der Waals surface area contributed by atoms with E-state index in [9.17, 15) is 4.79 Å². The Balaban J connectivity index is 2.05. The molecule has 1 N–H and O–H groups in total. The van der Waals surface area contributed by atoms with Gasteiger partial charge in [0, 0.05) is 6.04 Å². The average Bonchev–Trinajstić information content (AvgIpc) is 2.62. The van der Waals surface area contributed by atoms with Crippen LogP contribution in [0.25, 0.3) is 0 Å². The van der Waals surface area contributed by atoms with Crippen molar-refractivity contribution in [1.29, 1.82) is 0 Å². The van der Waals surface area contributed by atoms with Gasteiger partial charge in [-0.1, -0.05) is 0 Å². The van der Waals surface area contributed by atoms with Crippen molar-refractivity contribution in [3.63, 3.8) is 0 Å².